The molecule has 36 heavy (non-hydrogen) atoms. The molecular formula is C27H24ClFN4O2S. The minimum atomic E-state index is -0.339. The van der Waals surface area contributed by atoms with Crippen LogP contribution in [0.4, 0.5) is 4.39 Å². The van der Waals surface area contributed by atoms with Gasteiger partial charge in [0.15, 0.2) is 0 Å². The summed E-state index contributed by atoms with van der Waals surface area (Å²) < 4.78 is 15.4. The van der Waals surface area contributed by atoms with Gasteiger partial charge < -0.3 is 14.8 Å². The first kappa shape index (κ1) is 23.2. The number of thiazole rings is 1. The summed E-state index contributed by atoms with van der Waals surface area (Å²) in [5.41, 5.74) is 2.55. The van der Waals surface area contributed by atoms with Gasteiger partial charge in [-0.15, -0.1) is 11.3 Å². The number of aromatic nitrogens is 2. The van der Waals surface area contributed by atoms with E-state index in [0.29, 0.717) is 46.7 Å². The van der Waals surface area contributed by atoms with Gasteiger partial charge in [0.1, 0.15) is 17.2 Å². The molecule has 184 valence electrons. The van der Waals surface area contributed by atoms with E-state index in [-0.39, 0.29) is 23.7 Å². The van der Waals surface area contributed by atoms with Crippen LogP contribution in [0, 0.1) is 24.6 Å². The van der Waals surface area contributed by atoms with Crippen molar-refractivity contribution in [2.75, 3.05) is 13.1 Å². The summed E-state index contributed by atoms with van der Waals surface area (Å²) in [4.78, 5) is 34.1. The molecule has 0 radical (unpaired) electrons. The number of nitrogens with one attached hydrogen (secondary N) is 1. The molecule has 1 aliphatic heterocycles. The molecule has 9 heteroatoms. The highest BCUT2D eigenvalue weighted by atomic mass is 35.5. The van der Waals surface area contributed by atoms with Crippen LogP contribution in [0.5, 0.6) is 0 Å². The Bertz CT molecular complexity index is 1530. The first-order valence-electron chi connectivity index (χ1n) is 11.9. The summed E-state index contributed by atoms with van der Waals surface area (Å²) in [7, 11) is 1.79. The average molecular weight is 523 g/mol. The maximum atomic E-state index is 13.7. The van der Waals surface area contributed by atoms with Gasteiger partial charge in [0.2, 0.25) is 0 Å². The number of amides is 2. The number of likely N-dealkylation sites (tertiary alicyclic amines) is 1. The number of aryl methyl sites for hydroxylation is 2. The van der Waals surface area contributed by atoms with Crippen molar-refractivity contribution in [2.24, 2.45) is 18.9 Å². The molecule has 1 saturated carbocycles. The number of benzene rings is 2. The number of halogens is 2. The number of nitrogens with zero attached hydrogens (tertiary/aromatic N) is 3. The molecule has 6 rings (SSSR count). The van der Waals surface area contributed by atoms with Crippen LogP contribution in [-0.4, -0.2) is 45.4 Å². The number of carbonyl (C=O) groups is 2. The Labute approximate surface area is 216 Å². The summed E-state index contributed by atoms with van der Waals surface area (Å²) >= 11 is 7.68. The van der Waals surface area contributed by atoms with Crippen LogP contribution in [0.25, 0.3) is 21.3 Å². The second-order valence-electron chi connectivity index (χ2n) is 9.61. The lowest BCUT2D eigenvalue weighted by molar-refractivity contribution is 0.0690. The van der Waals surface area contributed by atoms with Gasteiger partial charge in [-0.05, 0) is 67.1 Å². The van der Waals surface area contributed by atoms with Crippen molar-refractivity contribution in [2.45, 2.75) is 19.4 Å². The number of carbonyl (C=O) groups excluding carboxylic acids is 2. The molecule has 1 aliphatic carbocycles. The van der Waals surface area contributed by atoms with E-state index < -0.39 is 0 Å². The number of fused-ring (bicyclic) bond motifs is 2. The summed E-state index contributed by atoms with van der Waals surface area (Å²) in [6.07, 6.45) is 1.06. The first-order chi connectivity index (χ1) is 17.3. The highest BCUT2D eigenvalue weighted by Gasteiger charge is 2.54. The molecule has 0 unspecified atom stereocenters. The fourth-order valence-corrected chi connectivity index (χ4v) is 6.52. The summed E-state index contributed by atoms with van der Waals surface area (Å²) in [6.45, 7) is 2.92. The monoisotopic (exact) mass is 522 g/mol. The van der Waals surface area contributed by atoms with Crippen molar-refractivity contribution >= 4 is 45.7 Å². The molecule has 3 heterocycles. The fourth-order valence-electron chi connectivity index (χ4n) is 5.43. The predicted molar refractivity (Wildman–Crippen MR) is 139 cm³/mol. The smallest absolute Gasteiger partial charge is 0.274 e. The van der Waals surface area contributed by atoms with Crippen LogP contribution >= 0.6 is 22.9 Å². The van der Waals surface area contributed by atoms with Crippen LogP contribution in [-0.2, 0) is 7.05 Å². The maximum Gasteiger partial charge on any atom is 0.274 e. The Morgan fingerprint density at radius 1 is 1.22 bits per heavy atom. The van der Waals surface area contributed by atoms with Gasteiger partial charge in [-0.2, -0.15) is 0 Å². The molecule has 2 aromatic heterocycles. The molecule has 1 N–H and O–H groups in total. The summed E-state index contributed by atoms with van der Waals surface area (Å²) in [5.74, 6) is 0.154. The van der Waals surface area contributed by atoms with Crippen LogP contribution < -0.4 is 5.32 Å². The normalized spacial score (nSPS) is 20.6. The molecule has 2 fully saturated rings. The van der Waals surface area contributed by atoms with E-state index in [0.717, 1.165) is 27.4 Å². The molecule has 6 nitrogen and oxygen atoms in total. The fraction of sp³-hybridized carbons (Fsp3) is 0.296. The predicted octanol–water partition coefficient (Wildman–Crippen LogP) is 5.29. The molecule has 2 aliphatic rings. The minimum absolute atomic E-state index is 0.0900. The van der Waals surface area contributed by atoms with Crippen LogP contribution in [0.3, 0.4) is 0 Å². The number of hydrogen-bond acceptors (Lipinski definition) is 4. The first-order valence-corrected chi connectivity index (χ1v) is 13.1. The molecule has 1 saturated heterocycles. The quantitative estimate of drug-likeness (QED) is 0.387. The van der Waals surface area contributed by atoms with Crippen molar-refractivity contribution < 1.29 is 14.0 Å². The minimum Gasteiger partial charge on any atom is -0.349 e. The average Bonchev–Trinajstić information content (AvgIpc) is 3.18. The van der Waals surface area contributed by atoms with Crippen molar-refractivity contribution in [3.05, 3.63) is 75.8 Å². The standard InChI is InChI=1S/C27H24ClFN4O2S/c1-14-31-24(25(36-14)15-4-3-5-18(28)8-15)27(35)33-13-17-10-20(17)23(33)12-30-26(34)22-11-16-9-19(29)6-7-21(16)32(22)2/h3-9,11,17,20,23H,10,12-13H2,1-2H3,(H,30,34)/t17-,20-,23+/m0/s1. The Kier molecular flexibility index (Phi) is 5.61. The Morgan fingerprint density at radius 2 is 2.06 bits per heavy atom. The van der Waals surface area contributed by atoms with E-state index >= 15 is 0 Å². The SMILES string of the molecule is Cc1nc(C(=O)N2C[C@@H]3C[C@@H]3[C@H]2CNC(=O)c2cc3cc(F)ccc3n2C)c(-c2cccc(Cl)c2)s1. The molecule has 4 aromatic rings. The lowest BCUT2D eigenvalue weighted by Crippen LogP contribution is -2.46. The second-order valence-corrected chi connectivity index (χ2v) is 11.2. The van der Waals surface area contributed by atoms with Crippen molar-refractivity contribution in [3.8, 4) is 10.4 Å². The molecule has 0 bridgehead atoms. The Morgan fingerprint density at radius 3 is 2.86 bits per heavy atom. The zero-order chi connectivity index (χ0) is 25.1. The van der Waals surface area contributed by atoms with E-state index in [1.165, 1.54) is 23.5 Å². The van der Waals surface area contributed by atoms with Crippen LogP contribution in [0.15, 0.2) is 48.5 Å². The largest absolute Gasteiger partial charge is 0.349 e. The zero-order valence-corrected chi connectivity index (χ0v) is 21.4. The molecule has 2 aromatic carbocycles. The topological polar surface area (TPSA) is 67.2 Å². The highest BCUT2D eigenvalue weighted by molar-refractivity contribution is 7.15. The van der Waals surface area contributed by atoms with Gasteiger partial charge in [-0.3, -0.25) is 9.59 Å². The Hall–Kier alpha value is -3.23. The van der Waals surface area contributed by atoms with E-state index in [2.05, 4.69) is 10.3 Å². The van der Waals surface area contributed by atoms with Gasteiger partial charge >= 0.3 is 0 Å². The van der Waals surface area contributed by atoms with Crippen molar-refractivity contribution in [1.82, 2.24) is 19.8 Å². The lowest BCUT2D eigenvalue weighted by Gasteiger charge is -2.27. The third kappa shape index (κ3) is 3.98. The third-order valence-corrected chi connectivity index (χ3v) is 8.55. The molecule has 0 spiro atoms. The number of hydrogen-bond donors (Lipinski definition) is 1. The van der Waals surface area contributed by atoms with Gasteiger partial charge in [0, 0.05) is 36.1 Å². The van der Waals surface area contributed by atoms with Crippen molar-refractivity contribution in [1.29, 1.82) is 0 Å². The van der Waals surface area contributed by atoms with E-state index in [9.17, 15) is 14.0 Å². The van der Waals surface area contributed by atoms with Gasteiger partial charge in [-0.1, -0.05) is 23.7 Å². The van der Waals surface area contributed by atoms with Crippen LogP contribution in [0.2, 0.25) is 5.02 Å². The van der Waals surface area contributed by atoms with Gasteiger partial charge in [-0.25, -0.2) is 9.37 Å². The van der Waals surface area contributed by atoms with Gasteiger partial charge in [0.25, 0.3) is 11.8 Å². The van der Waals surface area contributed by atoms with E-state index in [1.54, 1.807) is 29.8 Å². The highest BCUT2D eigenvalue weighted by Crippen LogP contribution is 2.50. The lowest BCUT2D eigenvalue weighted by atomic mass is 10.1. The maximum absolute atomic E-state index is 13.7. The molecular weight excluding hydrogens is 499 g/mol. The van der Waals surface area contributed by atoms with Gasteiger partial charge in [0.05, 0.1) is 15.9 Å². The zero-order valence-electron chi connectivity index (χ0n) is 19.8. The summed E-state index contributed by atoms with van der Waals surface area (Å²) in [6, 6.07) is 13.5. The third-order valence-electron chi connectivity index (χ3n) is 7.30. The van der Waals surface area contributed by atoms with E-state index in [1.807, 2.05) is 30.0 Å². The molecule has 3 atom stereocenters. The van der Waals surface area contributed by atoms with Crippen molar-refractivity contribution in [3.63, 3.8) is 0 Å². The Balaban J connectivity index is 1.22. The number of rotatable bonds is 5. The summed E-state index contributed by atoms with van der Waals surface area (Å²) in [5, 5.41) is 5.12. The second kappa shape index (κ2) is 8.71. The molecule has 2 amide bonds. The number of piperidine rings is 1. The van der Waals surface area contributed by atoms with E-state index in [4.69, 9.17) is 11.6 Å². The van der Waals surface area contributed by atoms with Crippen LogP contribution in [0.1, 0.15) is 32.4 Å².